The molecule has 20 atom stereocenters. The highest BCUT2D eigenvalue weighted by Gasteiger charge is 2.57. The van der Waals surface area contributed by atoms with E-state index in [1.807, 2.05) is 0 Å². The first kappa shape index (κ1) is 42.4. The van der Waals surface area contributed by atoms with Crippen LogP contribution in [-0.2, 0) is 52.5 Å². The largest absolute Gasteiger partial charge is 0.397 e. The Morgan fingerprint density at radius 3 is 1.63 bits per heavy atom. The van der Waals surface area contributed by atoms with Gasteiger partial charge in [-0.2, -0.15) is 8.42 Å². The number of carbonyl (C=O) groups excluding carboxylic acids is 1. The van der Waals surface area contributed by atoms with Crippen molar-refractivity contribution in [2.45, 2.75) is 137 Å². The summed E-state index contributed by atoms with van der Waals surface area (Å²) in [5.41, 5.74) is 0. The molecule has 0 radical (unpaired) electrons. The molecule has 24 nitrogen and oxygen atoms in total. The van der Waals surface area contributed by atoms with E-state index in [2.05, 4.69) is 9.50 Å². The lowest BCUT2D eigenvalue weighted by Gasteiger charge is -2.50. The Hall–Kier alpha value is -1.38. The quantitative estimate of drug-likeness (QED) is 0.0819. The number of carbonyl (C=O) groups is 1. The summed E-state index contributed by atoms with van der Waals surface area (Å²) < 4.78 is 76.0. The lowest BCUT2D eigenvalue weighted by atomic mass is 9.94. The fourth-order valence-electron chi connectivity index (χ4n) is 6.10. The number of ether oxygens (including phenoxy) is 7. The van der Waals surface area contributed by atoms with Crippen LogP contribution in [0.4, 0.5) is 0 Å². The molecule has 0 bridgehead atoms. The highest BCUT2D eigenvalue weighted by atomic mass is 32.3. The van der Waals surface area contributed by atoms with Gasteiger partial charge in [-0.15, -0.1) is 0 Å². The van der Waals surface area contributed by atoms with E-state index >= 15 is 0 Å². The minimum atomic E-state index is -5.36. The van der Waals surface area contributed by atoms with E-state index in [1.165, 1.54) is 6.92 Å². The second kappa shape index (κ2) is 17.4. The van der Waals surface area contributed by atoms with Gasteiger partial charge in [-0.3, -0.25) is 9.35 Å². The van der Waals surface area contributed by atoms with Crippen LogP contribution >= 0.6 is 0 Å². The zero-order chi connectivity index (χ0) is 38.1. The van der Waals surface area contributed by atoms with E-state index in [1.54, 1.807) is 0 Å². The van der Waals surface area contributed by atoms with Crippen LogP contribution in [0.15, 0.2) is 0 Å². The zero-order valence-corrected chi connectivity index (χ0v) is 27.8. The average molecular weight is 772 g/mol. The summed E-state index contributed by atoms with van der Waals surface area (Å²) in [4.78, 5) is 12.0. The molecule has 13 N–H and O–H groups in total. The topological polar surface area (TPSA) is 380 Å². The van der Waals surface area contributed by atoms with E-state index < -0.39 is 159 Å². The van der Waals surface area contributed by atoms with Crippen molar-refractivity contribution < 1.29 is 111 Å². The van der Waals surface area contributed by atoms with E-state index in [4.69, 9.17) is 33.2 Å². The SMILES string of the molecule is CC(=O)N[C@@H]1[C@@H](O[C@@H]2O[C@H](CO)[C@H](O)[C@H](O[C@@H]3O[C@H](CO)[C@H](O)[C@H](OS(=O)(=O)O)[C@H]3O)[C@H]2O[C@@H]2O[C@@H](C)[C@@H](O)[C@@H](O)[C@@H]2O)[C@@H](O)[C@@H](CO)O[C@H]1O. The first-order valence-electron chi connectivity index (χ1n) is 15.6. The van der Waals surface area contributed by atoms with Crippen LogP contribution in [0.5, 0.6) is 0 Å². The van der Waals surface area contributed by atoms with Gasteiger partial charge >= 0.3 is 10.4 Å². The molecular weight excluding hydrogens is 726 g/mol. The van der Waals surface area contributed by atoms with Gasteiger partial charge in [-0.1, -0.05) is 0 Å². The second-order valence-electron chi connectivity index (χ2n) is 12.4. The summed E-state index contributed by atoms with van der Waals surface area (Å²) in [6.07, 6.45) is -36.1. The minimum absolute atomic E-state index is 0.751. The van der Waals surface area contributed by atoms with E-state index in [0.29, 0.717) is 0 Å². The third-order valence-corrected chi connectivity index (χ3v) is 9.24. The third kappa shape index (κ3) is 9.47. The van der Waals surface area contributed by atoms with E-state index in [-0.39, 0.29) is 0 Å². The van der Waals surface area contributed by atoms with Gasteiger partial charge in [0.05, 0.1) is 25.9 Å². The maximum atomic E-state index is 12.0. The van der Waals surface area contributed by atoms with Gasteiger partial charge < -0.3 is 94.6 Å². The molecule has 4 heterocycles. The van der Waals surface area contributed by atoms with Crippen molar-refractivity contribution in [1.82, 2.24) is 5.32 Å². The van der Waals surface area contributed by atoms with E-state index in [0.717, 1.165) is 6.92 Å². The number of aliphatic hydroxyl groups is 11. The highest BCUT2D eigenvalue weighted by Crippen LogP contribution is 2.36. The molecule has 4 aliphatic rings. The standard InChI is InChI=1S/C26H45NO23S/c1-6-12(32)16(36)17(37)24(43-6)49-22-21(48-25-18(38)20(50-51(40,41)42)14(34)9(4-29)45-25)15(35)10(5-30)46-26(22)47-19-11(27-7(2)31)23(39)44-8(3-28)13(19)33/h6,8-26,28-30,32-39H,3-5H2,1-2H3,(H,27,31)(H,40,41,42)/t6-,8+,9+,10+,11+,12+,13-,14-,15-,16+,17-,18+,19+,20-,21-,22+,23+,24-,25-,26-/m0/s1. The van der Waals surface area contributed by atoms with Crippen LogP contribution in [0.25, 0.3) is 0 Å². The fourth-order valence-corrected chi connectivity index (χ4v) is 6.60. The number of nitrogens with one attached hydrogen (secondary N) is 1. The van der Waals surface area contributed by atoms with Crippen LogP contribution in [-0.4, -0.2) is 218 Å². The molecule has 0 saturated carbocycles. The average Bonchev–Trinajstić information content (AvgIpc) is 3.06. The van der Waals surface area contributed by atoms with Crippen molar-refractivity contribution in [3.8, 4) is 0 Å². The molecule has 298 valence electrons. The number of rotatable bonds is 12. The summed E-state index contributed by atoms with van der Waals surface area (Å²) in [6.45, 7) is -0.580. The van der Waals surface area contributed by atoms with Crippen LogP contribution in [0.3, 0.4) is 0 Å². The van der Waals surface area contributed by atoms with Gasteiger partial charge in [-0.25, -0.2) is 4.18 Å². The van der Waals surface area contributed by atoms with Gasteiger partial charge in [0.15, 0.2) is 25.2 Å². The number of aliphatic hydroxyl groups excluding tert-OH is 11. The Kier molecular flexibility index (Phi) is 14.4. The van der Waals surface area contributed by atoms with Gasteiger partial charge in [0.25, 0.3) is 0 Å². The molecule has 0 unspecified atom stereocenters. The predicted molar refractivity (Wildman–Crippen MR) is 154 cm³/mol. The summed E-state index contributed by atoms with van der Waals surface area (Å²) in [5.74, 6) is -0.751. The first-order valence-corrected chi connectivity index (χ1v) is 17.0. The summed E-state index contributed by atoms with van der Waals surface area (Å²) >= 11 is 0. The molecular formula is C26H45NO23S. The molecule has 51 heavy (non-hydrogen) atoms. The Bertz CT molecular complexity index is 1250. The molecule has 4 aliphatic heterocycles. The molecule has 0 aliphatic carbocycles. The number of hydrogen-bond acceptors (Lipinski definition) is 22. The monoisotopic (exact) mass is 771 g/mol. The lowest BCUT2D eigenvalue weighted by molar-refractivity contribution is -0.400. The number of amides is 1. The molecule has 0 spiro atoms. The third-order valence-electron chi connectivity index (χ3n) is 8.78. The molecule has 4 saturated heterocycles. The molecule has 0 aromatic carbocycles. The smallest absolute Gasteiger partial charge is 0.394 e. The van der Waals surface area contributed by atoms with Crippen LogP contribution in [0.2, 0.25) is 0 Å². The van der Waals surface area contributed by atoms with Gasteiger partial charge in [0.2, 0.25) is 5.91 Å². The van der Waals surface area contributed by atoms with Gasteiger partial charge in [0.1, 0.15) is 91.5 Å². The van der Waals surface area contributed by atoms with Crippen LogP contribution in [0.1, 0.15) is 13.8 Å². The van der Waals surface area contributed by atoms with Crippen molar-refractivity contribution >= 4 is 16.3 Å². The highest BCUT2D eigenvalue weighted by molar-refractivity contribution is 7.80. The summed E-state index contributed by atoms with van der Waals surface area (Å²) in [5, 5.41) is 118. The molecule has 1 amide bonds. The van der Waals surface area contributed by atoms with Crippen LogP contribution < -0.4 is 5.32 Å². The maximum Gasteiger partial charge on any atom is 0.397 e. The molecule has 4 rings (SSSR count). The molecule has 25 heteroatoms. The first-order chi connectivity index (χ1) is 23.8. The number of hydrogen-bond donors (Lipinski definition) is 13. The normalized spacial score (nSPS) is 48.3. The Morgan fingerprint density at radius 2 is 1.08 bits per heavy atom. The van der Waals surface area contributed by atoms with Crippen molar-refractivity contribution in [2.75, 3.05) is 19.8 Å². The summed E-state index contributed by atoms with van der Waals surface area (Å²) in [7, 11) is -5.36. The Morgan fingerprint density at radius 1 is 0.608 bits per heavy atom. The predicted octanol–water partition coefficient (Wildman–Crippen LogP) is -8.75. The molecule has 0 aromatic heterocycles. The van der Waals surface area contributed by atoms with Gasteiger partial charge in [-0.05, 0) is 6.92 Å². The van der Waals surface area contributed by atoms with Crippen molar-refractivity contribution in [1.29, 1.82) is 0 Å². The lowest BCUT2D eigenvalue weighted by Crippen LogP contribution is -2.70. The molecule has 4 fully saturated rings. The zero-order valence-electron chi connectivity index (χ0n) is 26.9. The summed E-state index contributed by atoms with van der Waals surface area (Å²) in [6, 6.07) is -1.59. The Balaban J connectivity index is 1.76. The fraction of sp³-hybridized carbons (Fsp3) is 0.962. The Labute approximate surface area is 289 Å². The van der Waals surface area contributed by atoms with Crippen LogP contribution in [0, 0.1) is 0 Å². The van der Waals surface area contributed by atoms with Gasteiger partial charge in [0, 0.05) is 6.92 Å². The minimum Gasteiger partial charge on any atom is -0.394 e. The van der Waals surface area contributed by atoms with Crippen molar-refractivity contribution in [2.24, 2.45) is 0 Å². The maximum absolute atomic E-state index is 12.0. The van der Waals surface area contributed by atoms with E-state index in [9.17, 15) is 73.9 Å². The second-order valence-corrected chi connectivity index (χ2v) is 13.4. The van der Waals surface area contributed by atoms with Crippen molar-refractivity contribution in [3.05, 3.63) is 0 Å². The van der Waals surface area contributed by atoms with Crippen molar-refractivity contribution in [3.63, 3.8) is 0 Å². The molecule has 0 aromatic rings.